The van der Waals surface area contributed by atoms with Crippen LogP contribution in [-0.4, -0.2) is 18.4 Å². The van der Waals surface area contributed by atoms with Crippen LogP contribution in [0, 0.1) is 16.7 Å². The third kappa shape index (κ3) is 3.42. The van der Waals surface area contributed by atoms with Gasteiger partial charge in [0.05, 0.1) is 6.61 Å². The van der Waals surface area contributed by atoms with Crippen LogP contribution in [0.25, 0.3) is 0 Å². The van der Waals surface area contributed by atoms with Crippen LogP contribution in [0.5, 0.6) is 0 Å². The van der Waals surface area contributed by atoms with Gasteiger partial charge in [0.2, 0.25) is 0 Å². The van der Waals surface area contributed by atoms with Gasteiger partial charge in [0.25, 0.3) is 0 Å². The van der Waals surface area contributed by atoms with Crippen molar-refractivity contribution in [3.05, 3.63) is 0 Å². The maximum absolute atomic E-state index is 11.6. The molecule has 116 valence electrons. The Balaban J connectivity index is 0.000000206. The van der Waals surface area contributed by atoms with Crippen LogP contribution in [0.15, 0.2) is 0 Å². The average Bonchev–Trinajstić information content (AvgIpc) is 2.68. The monoisotopic (exact) mass is 282 g/mol. The second kappa shape index (κ2) is 6.73. The molecule has 0 N–H and O–H groups in total. The first-order valence-corrected chi connectivity index (χ1v) is 7.92. The lowest BCUT2D eigenvalue weighted by atomic mass is 9.70. The zero-order chi connectivity index (χ0) is 15.4. The molecule has 2 saturated carbocycles. The summed E-state index contributed by atoms with van der Waals surface area (Å²) in [4.78, 5) is 21.8. The van der Waals surface area contributed by atoms with Crippen molar-refractivity contribution >= 4 is 11.8 Å². The van der Waals surface area contributed by atoms with Crippen molar-refractivity contribution in [3.63, 3.8) is 0 Å². The van der Waals surface area contributed by atoms with Crippen molar-refractivity contribution in [1.82, 2.24) is 0 Å². The molecule has 0 radical (unpaired) electrons. The summed E-state index contributed by atoms with van der Waals surface area (Å²) in [5.74, 6) is 1.02. The molecular formula is C17H30O3. The van der Waals surface area contributed by atoms with E-state index in [4.69, 9.17) is 4.74 Å². The summed E-state index contributed by atoms with van der Waals surface area (Å²) in [6, 6.07) is 0. The van der Waals surface area contributed by atoms with Crippen molar-refractivity contribution in [2.45, 2.75) is 73.1 Å². The van der Waals surface area contributed by atoms with E-state index in [1.165, 1.54) is 19.8 Å². The number of esters is 1. The summed E-state index contributed by atoms with van der Waals surface area (Å²) in [5.41, 5.74) is 0.307. The van der Waals surface area contributed by atoms with E-state index in [-0.39, 0.29) is 16.8 Å². The topological polar surface area (TPSA) is 43.4 Å². The Kier molecular flexibility index (Phi) is 5.79. The van der Waals surface area contributed by atoms with Crippen LogP contribution < -0.4 is 0 Å². The standard InChI is InChI=1S/C10H16O.C7H14O2/c1-9(2)7-4-5-10(9,3)8(11)6-7;1-3-4-5-6-9-7(2)8/h7H,4-6H2,1-3H3;3-6H2,1-2H3. The Morgan fingerprint density at radius 1 is 1.30 bits per heavy atom. The molecule has 2 rings (SSSR count). The smallest absolute Gasteiger partial charge is 0.302 e. The van der Waals surface area contributed by atoms with Crippen molar-refractivity contribution in [2.75, 3.05) is 6.61 Å². The van der Waals surface area contributed by atoms with E-state index in [0.717, 1.165) is 25.7 Å². The highest BCUT2D eigenvalue weighted by atomic mass is 16.5. The van der Waals surface area contributed by atoms with Crippen molar-refractivity contribution in [3.8, 4) is 0 Å². The van der Waals surface area contributed by atoms with Gasteiger partial charge in [-0.15, -0.1) is 0 Å². The van der Waals surface area contributed by atoms with Gasteiger partial charge in [0, 0.05) is 18.8 Å². The Bertz CT molecular complexity index is 359. The van der Waals surface area contributed by atoms with Gasteiger partial charge in [-0.1, -0.05) is 40.5 Å². The molecule has 2 aliphatic carbocycles. The minimum Gasteiger partial charge on any atom is -0.466 e. The second-order valence-electron chi connectivity index (χ2n) is 6.96. The number of Topliss-reactive ketones (excluding diaryl/α,β-unsaturated/α-hetero) is 1. The third-order valence-electron chi connectivity index (χ3n) is 5.54. The van der Waals surface area contributed by atoms with Gasteiger partial charge >= 0.3 is 5.97 Å². The summed E-state index contributed by atoms with van der Waals surface area (Å²) < 4.78 is 4.70. The highest BCUT2D eigenvalue weighted by Crippen LogP contribution is 2.63. The predicted molar refractivity (Wildman–Crippen MR) is 80.4 cm³/mol. The number of ketones is 1. The molecule has 2 fully saturated rings. The van der Waals surface area contributed by atoms with E-state index in [1.807, 2.05) is 0 Å². The Hall–Kier alpha value is -0.860. The normalized spacial score (nSPS) is 29.9. The lowest BCUT2D eigenvalue weighted by molar-refractivity contribution is -0.141. The first kappa shape index (κ1) is 17.2. The van der Waals surface area contributed by atoms with E-state index in [9.17, 15) is 9.59 Å². The molecule has 20 heavy (non-hydrogen) atoms. The minimum atomic E-state index is -0.175. The Morgan fingerprint density at radius 3 is 2.25 bits per heavy atom. The van der Waals surface area contributed by atoms with Gasteiger partial charge in [0.1, 0.15) is 5.78 Å². The fraction of sp³-hybridized carbons (Fsp3) is 0.882. The maximum atomic E-state index is 11.6. The number of hydrogen-bond acceptors (Lipinski definition) is 3. The molecule has 0 aromatic rings. The number of unbranched alkanes of at least 4 members (excludes halogenated alkanes) is 2. The number of fused-ring (bicyclic) bond motifs is 2. The van der Waals surface area contributed by atoms with E-state index in [0.29, 0.717) is 18.3 Å². The van der Waals surface area contributed by atoms with Gasteiger partial charge in [-0.25, -0.2) is 0 Å². The Labute approximate surface area is 123 Å². The summed E-state index contributed by atoms with van der Waals surface area (Å²) in [5, 5.41) is 0. The average molecular weight is 282 g/mol. The molecule has 0 aromatic heterocycles. The lowest BCUT2D eigenvalue weighted by Gasteiger charge is -2.32. The third-order valence-corrected chi connectivity index (χ3v) is 5.54. The van der Waals surface area contributed by atoms with Gasteiger partial charge in [-0.2, -0.15) is 0 Å². The molecule has 0 amide bonds. The molecule has 3 nitrogen and oxygen atoms in total. The SMILES string of the molecule is CC12CCC(CC1=O)C2(C)C.CCCCCOC(C)=O. The van der Waals surface area contributed by atoms with Crippen molar-refractivity contribution < 1.29 is 14.3 Å². The summed E-state index contributed by atoms with van der Waals surface area (Å²) >= 11 is 0. The molecule has 3 heteroatoms. The van der Waals surface area contributed by atoms with Gasteiger partial charge in [-0.3, -0.25) is 9.59 Å². The molecule has 2 atom stereocenters. The van der Waals surface area contributed by atoms with Crippen LogP contribution in [0.4, 0.5) is 0 Å². The van der Waals surface area contributed by atoms with Crippen LogP contribution in [0.2, 0.25) is 0 Å². The fourth-order valence-corrected chi connectivity index (χ4v) is 3.47. The first-order chi connectivity index (χ1) is 9.25. The highest BCUT2D eigenvalue weighted by molar-refractivity contribution is 5.89. The number of carbonyl (C=O) groups excluding carboxylic acids is 2. The maximum Gasteiger partial charge on any atom is 0.302 e. The van der Waals surface area contributed by atoms with Crippen LogP contribution in [0.3, 0.4) is 0 Å². The molecule has 0 aliphatic heterocycles. The highest BCUT2D eigenvalue weighted by Gasteiger charge is 2.61. The van der Waals surface area contributed by atoms with E-state index < -0.39 is 0 Å². The zero-order valence-corrected chi connectivity index (χ0v) is 13.8. The summed E-state index contributed by atoms with van der Waals surface area (Å²) in [7, 11) is 0. The number of rotatable bonds is 4. The van der Waals surface area contributed by atoms with Gasteiger partial charge in [0.15, 0.2) is 0 Å². The summed E-state index contributed by atoms with van der Waals surface area (Å²) in [6.45, 7) is 10.8. The summed E-state index contributed by atoms with van der Waals surface area (Å²) in [6.07, 6.45) is 6.56. The molecule has 2 unspecified atom stereocenters. The molecule has 0 spiro atoms. The van der Waals surface area contributed by atoms with Gasteiger partial charge < -0.3 is 4.74 Å². The fourth-order valence-electron chi connectivity index (χ4n) is 3.47. The molecule has 0 aromatic carbocycles. The number of hydrogen-bond donors (Lipinski definition) is 0. The van der Waals surface area contributed by atoms with Crippen LogP contribution in [-0.2, 0) is 14.3 Å². The number of carbonyl (C=O) groups is 2. The lowest BCUT2D eigenvalue weighted by Crippen LogP contribution is -2.32. The van der Waals surface area contributed by atoms with Crippen molar-refractivity contribution in [1.29, 1.82) is 0 Å². The van der Waals surface area contributed by atoms with Crippen LogP contribution in [0.1, 0.15) is 73.1 Å². The van der Waals surface area contributed by atoms with E-state index >= 15 is 0 Å². The predicted octanol–water partition coefficient (Wildman–Crippen LogP) is 4.14. The van der Waals surface area contributed by atoms with Gasteiger partial charge in [-0.05, 0) is 30.6 Å². The number of ether oxygens (including phenoxy) is 1. The van der Waals surface area contributed by atoms with Crippen LogP contribution >= 0.6 is 0 Å². The molecular weight excluding hydrogens is 252 g/mol. The largest absolute Gasteiger partial charge is 0.466 e. The van der Waals surface area contributed by atoms with E-state index in [1.54, 1.807) is 0 Å². The minimum absolute atomic E-state index is 0.0255. The molecule has 0 saturated heterocycles. The molecule has 0 heterocycles. The van der Waals surface area contributed by atoms with E-state index in [2.05, 4.69) is 27.7 Å². The molecule has 2 bridgehead atoms. The van der Waals surface area contributed by atoms with Crippen molar-refractivity contribution in [2.24, 2.45) is 16.7 Å². The first-order valence-electron chi connectivity index (χ1n) is 7.92. The zero-order valence-electron chi connectivity index (χ0n) is 13.8. The Morgan fingerprint density at radius 2 is 1.95 bits per heavy atom. The quantitative estimate of drug-likeness (QED) is 0.575. The second-order valence-corrected chi connectivity index (χ2v) is 6.96. The molecule has 2 aliphatic rings.